The van der Waals surface area contributed by atoms with Gasteiger partial charge < -0.3 is 25.0 Å². The number of benzene rings is 1. The lowest BCUT2D eigenvalue weighted by molar-refractivity contribution is -0.0871. The summed E-state index contributed by atoms with van der Waals surface area (Å²) in [6.45, 7) is 6.39. The third-order valence-electron chi connectivity index (χ3n) is 11.2. The molecule has 12 heteroatoms. The number of fused-ring (bicyclic) bond motifs is 5. The van der Waals surface area contributed by atoms with Crippen molar-refractivity contribution in [3.05, 3.63) is 58.0 Å². The molecule has 1 spiro atoms. The number of aryl methyl sites for hydroxylation is 1. The molecule has 5 aliphatic rings. The van der Waals surface area contributed by atoms with Gasteiger partial charge in [0.1, 0.15) is 18.6 Å². The van der Waals surface area contributed by atoms with E-state index in [0.717, 1.165) is 79.2 Å². The number of alkyl halides is 1. The summed E-state index contributed by atoms with van der Waals surface area (Å²) in [6.07, 6.45) is 4.95. The second-order valence-electron chi connectivity index (χ2n) is 14.6. The minimum Gasteiger partial charge on any atom is -0.461 e. The van der Waals surface area contributed by atoms with Crippen molar-refractivity contribution in [2.45, 2.75) is 94.8 Å². The fourth-order valence-corrected chi connectivity index (χ4v) is 8.74. The summed E-state index contributed by atoms with van der Waals surface area (Å²) < 4.78 is 29.9. The fourth-order valence-electron chi connectivity index (χ4n) is 8.74. The molecule has 0 unspecified atom stereocenters. The van der Waals surface area contributed by atoms with E-state index in [2.05, 4.69) is 34.0 Å². The van der Waals surface area contributed by atoms with Gasteiger partial charge in [-0.1, -0.05) is 13.0 Å². The number of nitrogens with two attached hydrogens (primary N) is 1. The quantitative estimate of drug-likeness (QED) is 0.409. The molecule has 0 bridgehead atoms. The molecular weight excluding hydrogens is 599 g/mol. The van der Waals surface area contributed by atoms with Gasteiger partial charge in [-0.2, -0.15) is 15.1 Å². The maximum atomic E-state index is 14.6. The Hall–Kier alpha value is -3.77. The molecule has 0 saturated carbocycles. The van der Waals surface area contributed by atoms with Crippen LogP contribution in [0.4, 0.5) is 15.9 Å². The first-order valence-corrected chi connectivity index (χ1v) is 17.1. The summed E-state index contributed by atoms with van der Waals surface area (Å²) in [6, 6.07) is 8.44. The predicted molar refractivity (Wildman–Crippen MR) is 175 cm³/mol. The predicted octanol–water partition coefficient (Wildman–Crippen LogP) is 4.19. The van der Waals surface area contributed by atoms with Crippen molar-refractivity contribution in [1.82, 2.24) is 29.5 Å². The lowest BCUT2D eigenvalue weighted by Crippen LogP contribution is -2.44. The highest BCUT2D eigenvalue weighted by molar-refractivity contribution is 5.92. The van der Waals surface area contributed by atoms with E-state index in [0.29, 0.717) is 63.3 Å². The average molecular weight is 645 g/mol. The number of nitrogens with zero attached hydrogens (tertiary/aromatic N) is 7. The van der Waals surface area contributed by atoms with Crippen LogP contribution in [-0.2, 0) is 36.5 Å². The first-order chi connectivity index (χ1) is 22.6. The smallest absolute Gasteiger partial charge is 0.318 e. The minimum atomic E-state index is -0.830. The fraction of sp³-hybridized carbons (Fsp3) is 0.600. The topological polar surface area (TPSA) is 115 Å². The summed E-state index contributed by atoms with van der Waals surface area (Å²) in [5.41, 5.74) is 12.0. The SMILES string of the molecule is C[C@H]1CC[C@@]2(Cc3nc(OC[C@@]45CCCN4C[C@H](F)C5)nc(N4CCCn5nc(C(=O)N(C)C)cc5C4)c3CO2)c2cc(N)ccc21. The second kappa shape index (κ2) is 11.4. The van der Waals surface area contributed by atoms with Crippen LogP contribution in [0.1, 0.15) is 89.9 Å². The third-order valence-corrected chi connectivity index (χ3v) is 11.2. The van der Waals surface area contributed by atoms with E-state index in [4.69, 9.17) is 25.2 Å². The Kier molecular flexibility index (Phi) is 7.43. The van der Waals surface area contributed by atoms with Gasteiger partial charge in [0.25, 0.3) is 5.91 Å². The van der Waals surface area contributed by atoms with Gasteiger partial charge in [-0.25, -0.2) is 4.39 Å². The van der Waals surface area contributed by atoms with Gasteiger partial charge in [0, 0.05) is 57.8 Å². The number of aromatic nitrogens is 4. The lowest BCUT2D eigenvalue weighted by Gasteiger charge is -2.44. The van der Waals surface area contributed by atoms with Crippen LogP contribution in [-0.4, -0.2) is 87.5 Å². The molecule has 47 heavy (non-hydrogen) atoms. The van der Waals surface area contributed by atoms with Crippen molar-refractivity contribution in [3.8, 4) is 6.01 Å². The molecule has 2 aromatic heterocycles. The first kappa shape index (κ1) is 30.6. The molecule has 4 atom stereocenters. The van der Waals surface area contributed by atoms with Crippen LogP contribution in [0.15, 0.2) is 24.3 Å². The van der Waals surface area contributed by atoms with E-state index in [1.165, 1.54) is 5.56 Å². The van der Waals surface area contributed by atoms with Crippen LogP contribution in [0.25, 0.3) is 0 Å². The normalized spacial score (nSPS) is 28.4. The maximum absolute atomic E-state index is 14.6. The molecule has 1 amide bonds. The van der Waals surface area contributed by atoms with E-state index in [-0.39, 0.29) is 11.4 Å². The number of anilines is 2. The molecule has 4 aliphatic heterocycles. The molecule has 3 aromatic rings. The Morgan fingerprint density at radius 2 is 2.04 bits per heavy atom. The number of ether oxygens (including phenoxy) is 2. The molecule has 1 aliphatic carbocycles. The Morgan fingerprint density at radius 3 is 2.89 bits per heavy atom. The maximum Gasteiger partial charge on any atom is 0.318 e. The Labute approximate surface area is 275 Å². The number of amides is 1. The third kappa shape index (κ3) is 5.24. The van der Waals surface area contributed by atoms with Crippen LogP contribution in [0, 0.1) is 0 Å². The average Bonchev–Trinajstić information content (AvgIpc) is 3.68. The van der Waals surface area contributed by atoms with Crippen LogP contribution >= 0.6 is 0 Å². The molecular formula is C35H45FN8O3. The Morgan fingerprint density at radius 1 is 1.17 bits per heavy atom. The van der Waals surface area contributed by atoms with Crippen LogP contribution < -0.4 is 15.4 Å². The summed E-state index contributed by atoms with van der Waals surface area (Å²) >= 11 is 0. The van der Waals surface area contributed by atoms with Gasteiger partial charge >= 0.3 is 6.01 Å². The largest absolute Gasteiger partial charge is 0.461 e. The molecule has 250 valence electrons. The number of carbonyl (C=O) groups is 1. The van der Waals surface area contributed by atoms with E-state index in [1.807, 2.05) is 16.8 Å². The minimum absolute atomic E-state index is 0.114. The van der Waals surface area contributed by atoms with Crippen molar-refractivity contribution in [3.63, 3.8) is 0 Å². The molecule has 2 N–H and O–H groups in total. The molecule has 2 fully saturated rings. The van der Waals surface area contributed by atoms with Gasteiger partial charge in [0.15, 0.2) is 5.69 Å². The van der Waals surface area contributed by atoms with Gasteiger partial charge in [-0.3, -0.25) is 14.4 Å². The number of halogens is 1. The number of carbonyl (C=O) groups excluding carboxylic acids is 1. The van der Waals surface area contributed by atoms with Crippen molar-refractivity contribution in [2.75, 3.05) is 51.0 Å². The monoisotopic (exact) mass is 644 g/mol. The molecule has 6 heterocycles. The number of hydrogen-bond acceptors (Lipinski definition) is 9. The van der Waals surface area contributed by atoms with E-state index >= 15 is 0 Å². The molecule has 0 radical (unpaired) electrons. The highest BCUT2D eigenvalue weighted by atomic mass is 19.1. The van der Waals surface area contributed by atoms with Crippen LogP contribution in [0.3, 0.4) is 0 Å². The highest BCUT2D eigenvalue weighted by Crippen LogP contribution is 2.50. The first-order valence-electron chi connectivity index (χ1n) is 17.1. The second-order valence-corrected chi connectivity index (χ2v) is 14.6. The van der Waals surface area contributed by atoms with Gasteiger partial charge in [0.05, 0.1) is 35.7 Å². The van der Waals surface area contributed by atoms with Crippen molar-refractivity contribution in [1.29, 1.82) is 0 Å². The highest BCUT2D eigenvalue weighted by Gasteiger charge is 2.50. The zero-order chi connectivity index (χ0) is 32.5. The van der Waals surface area contributed by atoms with Gasteiger partial charge in [0.2, 0.25) is 0 Å². The number of hydrogen-bond donors (Lipinski definition) is 1. The number of rotatable bonds is 5. The van der Waals surface area contributed by atoms with E-state index in [9.17, 15) is 9.18 Å². The number of nitrogen functional groups attached to an aromatic ring is 1. The van der Waals surface area contributed by atoms with Gasteiger partial charge in [-0.15, -0.1) is 0 Å². The molecule has 2 saturated heterocycles. The van der Waals surface area contributed by atoms with Crippen molar-refractivity contribution in [2.24, 2.45) is 0 Å². The zero-order valence-electron chi connectivity index (χ0n) is 27.7. The Bertz CT molecular complexity index is 1710. The van der Waals surface area contributed by atoms with E-state index in [1.54, 1.807) is 19.0 Å². The Balaban J connectivity index is 1.17. The summed E-state index contributed by atoms with van der Waals surface area (Å²) in [4.78, 5) is 29.0. The zero-order valence-corrected chi connectivity index (χ0v) is 27.7. The molecule has 8 rings (SSSR count). The van der Waals surface area contributed by atoms with Crippen LogP contribution in [0.2, 0.25) is 0 Å². The van der Waals surface area contributed by atoms with Crippen molar-refractivity contribution < 1.29 is 18.7 Å². The van der Waals surface area contributed by atoms with Crippen LogP contribution in [0.5, 0.6) is 6.01 Å². The summed E-state index contributed by atoms with van der Waals surface area (Å²) in [5, 5.41) is 4.64. The molecule has 11 nitrogen and oxygen atoms in total. The standard InChI is InChI=1S/C35H45FN8O3/c1-22-8-10-35(28-14-24(37)6-7-26(22)28)17-30-27(20-47-35)31(39-33(38-30)46-21-34-9-4-12-43(34)18-23(36)16-34)42-11-5-13-44-25(19-42)15-29(40-44)32(45)41(2)3/h6-7,14-15,22-23H,4-5,8-13,16-21,37H2,1-3H3/t22-,23+,34-,35+/m0/s1. The summed E-state index contributed by atoms with van der Waals surface area (Å²) in [5.74, 6) is 1.10. The van der Waals surface area contributed by atoms with Crippen molar-refractivity contribution >= 4 is 17.4 Å². The molecule has 1 aromatic carbocycles. The summed E-state index contributed by atoms with van der Waals surface area (Å²) in [7, 11) is 3.48. The van der Waals surface area contributed by atoms with E-state index < -0.39 is 11.8 Å². The van der Waals surface area contributed by atoms with Gasteiger partial charge in [-0.05, 0) is 73.9 Å². The lowest BCUT2D eigenvalue weighted by atomic mass is 9.71.